The molecule has 2 rings (SSSR count). The third kappa shape index (κ3) is 4.09. The topological polar surface area (TPSA) is 85.3 Å². The number of nitrogens with one attached hydrogen (secondary N) is 1. The zero-order valence-electron chi connectivity index (χ0n) is 12.2. The Morgan fingerprint density at radius 2 is 1.86 bits per heavy atom. The Bertz CT molecular complexity index is 690. The SMILES string of the molecule is CCC(C)c1ccc(NCc2ccc(S(N)(=O)=O)o2)cc1. The first-order chi connectivity index (χ1) is 9.90. The maximum atomic E-state index is 11.1. The van der Waals surface area contributed by atoms with Crippen molar-refractivity contribution in [3.8, 4) is 0 Å². The Hall–Kier alpha value is -1.79. The van der Waals surface area contributed by atoms with Crippen molar-refractivity contribution in [3.63, 3.8) is 0 Å². The predicted octanol–water partition coefficient (Wildman–Crippen LogP) is 3.05. The Morgan fingerprint density at radius 3 is 2.38 bits per heavy atom. The summed E-state index contributed by atoms with van der Waals surface area (Å²) in [4.78, 5) is 0. The van der Waals surface area contributed by atoms with Gasteiger partial charge in [0.15, 0.2) is 0 Å². The number of nitrogens with two attached hydrogens (primary N) is 1. The van der Waals surface area contributed by atoms with Crippen LogP contribution in [0.25, 0.3) is 0 Å². The lowest BCUT2D eigenvalue weighted by Crippen LogP contribution is -2.10. The number of sulfonamides is 1. The summed E-state index contributed by atoms with van der Waals surface area (Å²) in [6.07, 6.45) is 1.11. The molecule has 2 aromatic rings. The molecule has 1 unspecified atom stereocenters. The van der Waals surface area contributed by atoms with E-state index >= 15 is 0 Å². The van der Waals surface area contributed by atoms with E-state index < -0.39 is 10.0 Å². The van der Waals surface area contributed by atoms with E-state index in [1.807, 2.05) is 12.1 Å². The van der Waals surface area contributed by atoms with E-state index in [0.29, 0.717) is 18.2 Å². The standard InChI is InChI=1S/C15H20N2O3S/c1-3-11(2)12-4-6-13(7-5-12)17-10-14-8-9-15(20-14)21(16,18)19/h4-9,11,17H,3,10H2,1-2H3,(H2,16,18,19). The normalized spacial score (nSPS) is 13.1. The first kappa shape index (κ1) is 15.6. The first-order valence-electron chi connectivity index (χ1n) is 6.85. The van der Waals surface area contributed by atoms with Gasteiger partial charge in [-0.05, 0) is 42.2 Å². The van der Waals surface area contributed by atoms with Crippen LogP contribution in [0.1, 0.15) is 37.5 Å². The van der Waals surface area contributed by atoms with Crippen molar-refractivity contribution in [2.75, 3.05) is 5.32 Å². The molecule has 114 valence electrons. The van der Waals surface area contributed by atoms with Crippen molar-refractivity contribution < 1.29 is 12.8 Å². The smallest absolute Gasteiger partial charge is 0.271 e. The van der Waals surface area contributed by atoms with E-state index in [1.54, 1.807) is 6.07 Å². The molecule has 1 atom stereocenters. The maximum absolute atomic E-state index is 11.1. The van der Waals surface area contributed by atoms with Crippen LogP contribution in [-0.2, 0) is 16.6 Å². The maximum Gasteiger partial charge on any atom is 0.271 e. The third-order valence-electron chi connectivity index (χ3n) is 3.48. The first-order valence-corrected chi connectivity index (χ1v) is 8.40. The molecule has 3 N–H and O–H groups in total. The van der Waals surface area contributed by atoms with Gasteiger partial charge in [0.25, 0.3) is 10.0 Å². The Morgan fingerprint density at radius 1 is 1.19 bits per heavy atom. The Balaban J connectivity index is 1.98. The fourth-order valence-electron chi connectivity index (χ4n) is 1.96. The van der Waals surface area contributed by atoms with Crippen LogP contribution >= 0.6 is 0 Å². The van der Waals surface area contributed by atoms with Gasteiger partial charge in [0.1, 0.15) is 5.76 Å². The van der Waals surface area contributed by atoms with Crippen LogP contribution in [0.2, 0.25) is 0 Å². The lowest BCUT2D eigenvalue weighted by atomic mass is 9.99. The molecular formula is C15H20N2O3S. The van der Waals surface area contributed by atoms with E-state index in [9.17, 15) is 8.42 Å². The molecule has 1 heterocycles. The van der Waals surface area contributed by atoms with Gasteiger partial charge in [-0.3, -0.25) is 0 Å². The molecule has 0 aliphatic heterocycles. The van der Waals surface area contributed by atoms with E-state index in [1.165, 1.54) is 11.6 Å². The molecule has 0 amide bonds. The fourth-order valence-corrected chi connectivity index (χ4v) is 2.44. The van der Waals surface area contributed by atoms with Crippen molar-refractivity contribution in [3.05, 3.63) is 47.7 Å². The van der Waals surface area contributed by atoms with Gasteiger partial charge in [0.05, 0.1) is 6.54 Å². The molecular weight excluding hydrogens is 288 g/mol. The second kappa shape index (κ2) is 6.32. The highest BCUT2D eigenvalue weighted by atomic mass is 32.2. The number of benzene rings is 1. The number of hydrogen-bond donors (Lipinski definition) is 2. The Labute approximate surface area is 125 Å². The summed E-state index contributed by atoms with van der Waals surface area (Å²) in [7, 11) is -3.78. The summed E-state index contributed by atoms with van der Waals surface area (Å²) in [5.41, 5.74) is 2.26. The van der Waals surface area contributed by atoms with Gasteiger partial charge in [0.2, 0.25) is 5.09 Å². The minimum Gasteiger partial charge on any atom is -0.446 e. The van der Waals surface area contributed by atoms with E-state index in [4.69, 9.17) is 9.56 Å². The monoisotopic (exact) mass is 308 g/mol. The molecule has 0 bridgehead atoms. The van der Waals surface area contributed by atoms with Crippen LogP contribution in [0.15, 0.2) is 45.9 Å². The summed E-state index contributed by atoms with van der Waals surface area (Å²) >= 11 is 0. The number of primary sulfonamides is 1. The zero-order chi connectivity index (χ0) is 15.5. The number of anilines is 1. The van der Waals surface area contributed by atoms with Gasteiger partial charge in [-0.25, -0.2) is 13.6 Å². The molecule has 0 aliphatic rings. The van der Waals surface area contributed by atoms with Gasteiger partial charge in [0, 0.05) is 5.69 Å². The summed E-state index contributed by atoms with van der Waals surface area (Å²) in [5.74, 6) is 1.06. The average Bonchev–Trinajstić information content (AvgIpc) is 2.94. The van der Waals surface area contributed by atoms with Crippen LogP contribution in [0, 0.1) is 0 Å². The highest BCUT2D eigenvalue weighted by molar-refractivity contribution is 7.89. The molecule has 21 heavy (non-hydrogen) atoms. The van der Waals surface area contributed by atoms with Crippen LogP contribution in [0.5, 0.6) is 0 Å². The largest absolute Gasteiger partial charge is 0.446 e. The molecule has 0 radical (unpaired) electrons. The highest BCUT2D eigenvalue weighted by Crippen LogP contribution is 2.21. The molecule has 1 aromatic heterocycles. The quantitative estimate of drug-likeness (QED) is 0.859. The van der Waals surface area contributed by atoms with E-state index in [-0.39, 0.29) is 5.09 Å². The summed E-state index contributed by atoms with van der Waals surface area (Å²) < 4.78 is 27.4. The zero-order valence-corrected chi connectivity index (χ0v) is 13.0. The van der Waals surface area contributed by atoms with Crippen LogP contribution < -0.4 is 10.5 Å². The lowest BCUT2D eigenvalue weighted by Gasteiger charge is -2.10. The van der Waals surface area contributed by atoms with Crippen LogP contribution in [-0.4, -0.2) is 8.42 Å². The van der Waals surface area contributed by atoms with E-state index in [0.717, 1.165) is 12.1 Å². The van der Waals surface area contributed by atoms with E-state index in [2.05, 4.69) is 31.3 Å². The number of furan rings is 1. The van der Waals surface area contributed by atoms with Crippen molar-refractivity contribution in [2.24, 2.45) is 5.14 Å². The van der Waals surface area contributed by atoms with Crippen LogP contribution in [0.3, 0.4) is 0 Å². The van der Waals surface area contributed by atoms with Crippen molar-refractivity contribution in [2.45, 2.75) is 37.8 Å². The molecule has 0 saturated carbocycles. The van der Waals surface area contributed by atoms with Crippen molar-refractivity contribution in [1.29, 1.82) is 0 Å². The van der Waals surface area contributed by atoms with Gasteiger partial charge in [-0.15, -0.1) is 0 Å². The van der Waals surface area contributed by atoms with Crippen LogP contribution in [0.4, 0.5) is 5.69 Å². The van der Waals surface area contributed by atoms with Gasteiger partial charge < -0.3 is 9.73 Å². The highest BCUT2D eigenvalue weighted by Gasteiger charge is 2.12. The minimum atomic E-state index is -3.78. The molecule has 1 aromatic carbocycles. The summed E-state index contributed by atoms with van der Waals surface area (Å²) in [5, 5.41) is 7.96. The second-order valence-corrected chi connectivity index (χ2v) is 6.54. The lowest BCUT2D eigenvalue weighted by molar-refractivity contribution is 0.419. The van der Waals surface area contributed by atoms with Gasteiger partial charge >= 0.3 is 0 Å². The van der Waals surface area contributed by atoms with Gasteiger partial charge in [-0.2, -0.15) is 0 Å². The molecule has 0 saturated heterocycles. The molecule has 0 spiro atoms. The molecule has 0 aliphatic carbocycles. The summed E-state index contributed by atoms with van der Waals surface area (Å²) in [6.45, 7) is 4.76. The van der Waals surface area contributed by atoms with Crippen molar-refractivity contribution in [1.82, 2.24) is 0 Å². The van der Waals surface area contributed by atoms with Gasteiger partial charge in [-0.1, -0.05) is 26.0 Å². The minimum absolute atomic E-state index is 0.216. The van der Waals surface area contributed by atoms with Crippen molar-refractivity contribution >= 4 is 15.7 Å². The molecule has 5 nitrogen and oxygen atoms in total. The molecule has 0 fully saturated rings. The predicted molar refractivity (Wildman–Crippen MR) is 82.6 cm³/mol. The Kier molecular flexibility index (Phi) is 4.69. The number of rotatable bonds is 6. The number of hydrogen-bond acceptors (Lipinski definition) is 4. The fraction of sp³-hybridized carbons (Fsp3) is 0.333. The summed E-state index contributed by atoms with van der Waals surface area (Å²) in [6, 6.07) is 11.2. The molecule has 6 heteroatoms. The average molecular weight is 308 g/mol. The third-order valence-corrected chi connectivity index (χ3v) is 4.26. The second-order valence-electron chi connectivity index (χ2n) is 5.05.